The zero-order valence-electron chi connectivity index (χ0n) is 16.2. The summed E-state index contributed by atoms with van der Waals surface area (Å²) in [5, 5.41) is 4.91. The monoisotopic (exact) mass is 503 g/mol. The van der Waals surface area contributed by atoms with E-state index in [2.05, 4.69) is 10.3 Å². The van der Waals surface area contributed by atoms with Gasteiger partial charge in [0.1, 0.15) is 4.34 Å². The maximum Gasteiger partial charge on any atom is 0.257 e. The molecule has 1 amide bonds. The predicted molar refractivity (Wildman–Crippen MR) is 125 cm³/mol. The molecule has 3 rings (SSSR count). The average molecular weight is 504 g/mol. The van der Waals surface area contributed by atoms with E-state index in [4.69, 9.17) is 23.2 Å². The number of nitrogens with zero attached hydrogens (tertiary/aromatic N) is 2. The number of unbranched alkanes of at least 4 members (excludes halogenated alkanes) is 1. The molecule has 2 aromatic heterocycles. The van der Waals surface area contributed by atoms with Crippen LogP contribution >= 0.6 is 45.9 Å². The number of thiazole rings is 1. The van der Waals surface area contributed by atoms with Crippen LogP contribution < -0.4 is 5.32 Å². The Balaban J connectivity index is 1.70. The number of thiophene rings is 1. The van der Waals surface area contributed by atoms with Crippen LogP contribution in [0.25, 0.3) is 11.3 Å². The molecule has 0 aliphatic carbocycles. The van der Waals surface area contributed by atoms with Crippen molar-refractivity contribution in [2.75, 3.05) is 18.9 Å². The van der Waals surface area contributed by atoms with E-state index in [0.717, 1.165) is 12.8 Å². The lowest BCUT2D eigenvalue weighted by Gasteiger charge is -2.16. The summed E-state index contributed by atoms with van der Waals surface area (Å²) >= 11 is 14.6. The quantitative estimate of drug-likeness (QED) is 0.417. The van der Waals surface area contributed by atoms with Crippen molar-refractivity contribution in [2.24, 2.45) is 0 Å². The molecule has 6 nitrogen and oxygen atoms in total. The number of aromatic nitrogens is 1. The van der Waals surface area contributed by atoms with E-state index in [0.29, 0.717) is 37.2 Å². The molecule has 1 aromatic carbocycles. The third-order valence-electron chi connectivity index (χ3n) is 4.31. The Labute approximate surface area is 193 Å². The molecule has 0 saturated carbocycles. The lowest BCUT2D eigenvalue weighted by atomic mass is 10.2. The zero-order chi connectivity index (χ0) is 21.9. The molecule has 0 spiro atoms. The van der Waals surface area contributed by atoms with E-state index < -0.39 is 10.0 Å². The van der Waals surface area contributed by atoms with Gasteiger partial charge in [0, 0.05) is 30.1 Å². The molecule has 0 unspecified atom stereocenters. The van der Waals surface area contributed by atoms with Gasteiger partial charge in [-0.2, -0.15) is 0 Å². The van der Waals surface area contributed by atoms with E-state index >= 15 is 0 Å². The van der Waals surface area contributed by atoms with Crippen LogP contribution in [0.15, 0.2) is 40.6 Å². The molecule has 30 heavy (non-hydrogen) atoms. The topological polar surface area (TPSA) is 79.4 Å². The third-order valence-corrected chi connectivity index (χ3v) is 8.42. The van der Waals surface area contributed by atoms with Crippen molar-refractivity contribution in [1.82, 2.24) is 9.29 Å². The smallest absolute Gasteiger partial charge is 0.257 e. The van der Waals surface area contributed by atoms with Crippen molar-refractivity contribution in [3.05, 3.63) is 49.9 Å². The highest BCUT2D eigenvalue weighted by molar-refractivity contribution is 7.89. The summed E-state index contributed by atoms with van der Waals surface area (Å²) in [5.74, 6) is -0.381. The first-order valence-corrected chi connectivity index (χ1v) is 12.9. The summed E-state index contributed by atoms with van der Waals surface area (Å²) in [6, 6.07) is 7.58. The Bertz CT molecular complexity index is 1140. The van der Waals surface area contributed by atoms with Crippen LogP contribution in [0, 0.1) is 0 Å². The van der Waals surface area contributed by atoms with Crippen molar-refractivity contribution in [3.63, 3.8) is 0 Å². The number of carbonyl (C=O) groups is 1. The van der Waals surface area contributed by atoms with E-state index in [1.807, 2.05) is 6.92 Å². The van der Waals surface area contributed by atoms with Crippen LogP contribution in [-0.2, 0) is 10.0 Å². The lowest BCUT2D eigenvalue weighted by Crippen LogP contribution is -2.28. The molecular weight excluding hydrogens is 485 g/mol. The SMILES string of the molecule is CCCCN(C)S(=O)(=O)c1ccc(C(=O)Nc2nc(-c3cc(Cl)sc3Cl)cs2)cc1. The summed E-state index contributed by atoms with van der Waals surface area (Å²) in [7, 11) is -2.02. The van der Waals surface area contributed by atoms with E-state index in [-0.39, 0.29) is 10.8 Å². The fourth-order valence-corrected chi connectivity index (χ4v) is 5.99. The number of anilines is 1. The third kappa shape index (κ3) is 5.22. The molecule has 0 radical (unpaired) electrons. The predicted octanol–water partition coefficient (Wildman–Crippen LogP) is 5.85. The molecule has 0 atom stereocenters. The number of nitrogens with one attached hydrogen (secondary N) is 1. The minimum Gasteiger partial charge on any atom is -0.298 e. The average Bonchev–Trinajstić information content (AvgIpc) is 3.31. The number of hydrogen-bond donors (Lipinski definition) is 1. The Kier molecular flexibility index (Phi) is 7.54. The molecule has 2 heterocycles. The van der Waals surface area contributed by atoms with Gasteiger partial charge in [-0.25, -0.2) is 17.7 Å². The normalized spacial score (nSPS) is 11.8. The Hall–Kier alpha value is -1.49. The van der Waals surface area contributed by atoms with Crippen LogP contribution in [0.5, 0.6) is 0 Å². The number of benzene rings is 1. The Morgan fingerprint density at radius 1 is 1.23 bits per heavy atom. The van der Waals surface area contributed by atoms with Crippen LogP contribution in [-0.4, -0.2) is 37.2 Å². The number of sulfonamides is 1. The van der Waals surface area contributed by atoms with Gasteiger partial charge in [0.2, 0.25) is 10.0 Å². The van der Waals surface area contributed by atoms with Crippen molar-refractivity contribution in [2.45, 2.75) is 24.7 Å². The van der Waals surface area contributed by atoms with Gasteiger partial charge in [0.05, 0.1) is 14.9 Å². The van der Waals surface area contributed by atoms with E-state index in [9.17, 15) is 13.2 Å². The first-order valence-electron chi connectivity index (χ1n) is 9.01. The van der Waals surface area contributed by atoms with Gasteiger partial charge >= 0.3 is 0 Å². The number of amides is 1. The molecule has 0 saturated heterocycles. The molecule has 11 heteroatoms. The lowest BCUT2D eigenvalue weighted by molar-refractivity contribution is 0.102. The molecular formula is C19H19Cl2N3O3S3. The Morgan fingerprint density at radius 2 is 1.93 bits per heavy atom. The largest absolute Gasteiger partial charge is 0.298 e. The minimum atomic E-state index is -3.57. The minimum absolute atomic E-state index is 0.151. The molecule has 160 valence electrons. The summed E-state index contributed by atoms with van der Waals surface area (Å²) in [4.78, 5) is 17.0. The zero-order valence-corrected chi connectivity index (χ0v) is 20.1. The van der Waals surface area contributed by atoms with Crippen molar-refractivity contribution in [3.8, 4) is 11.3 Å². The highest BCUT2D eigenvalue weighted by atomic mass is 35.5. The molecule has 0 bridgehead atoms. The number of rotatable bonds is 8. The fourth-order valence-electron chi connectivity index (χ4n) is 2.60. The molecule has 0 aliphatic rings. The standard InChI is InChI=1S/C19H19Cl2N3O3S3/c1-3-4-9-24(2)30(26,27)13-7-5-12(6-8-13)18(25)23-19-22-15(11-28-19)14-10-16(20)29-17(14)21/h5-8,10-11H,3-4,9H2,1-2H3,(H,22,23,25). The van der Waals surface area contributed by atoms with Crippen LogP contribution in [0.1, 0.15) is 30.1 Å². The molecule has 0 aliphatic heterocycles. The van der Waals surface area contributed by atoms with Gasteiger partial charge in [-0.05, 0) is 36.8 Å². The van der Waals surface area contributed by atoms with Gasteiger partial charge in [-0.1, -0.05) is 36.5 Å². The van der Waals surface area contributed by atoms with E-state index in [1.165, 1.54) is 51.2 Å². The molecule has 0 fully saturated rings. The number of hydrogen-bond acceptors (Lipinski definition) is 6. The molecule has 1 N–H and O–H groups in total. The first-order chi connectivity index (χ1) is 14.2. The number of halogens is 2. The number of carbonyl (C=O) groups excluding carboxylic acids is 1. The highest BCUT2D eigenvalue weighted by Crippen LogP contribution is 2.39. The maximum atomic E-state index is 12.6. The van der Waals surface area contributed by atoms with Gasteiger partial charge in [0.15, 0.2) is 5.13 Å². The maximum absolute atomic E-state index is 12.6. The van der Waals surface area contributed by atoms with Gasteiger partial charge < -0.3 is 0 Å². The second-order valence-corrected chi connectivity index (χ2v) is 11.6. The van der Waals surface area contributed by atoms with Crippen LogP contribution in [0.3, 0.4) is 0 Å². The van der Waals surface area contributed by atoms with Gasteiger partial charge in [-0.15, -0.1) is 22.7 Å². The highest BCUT2D eigenvalue weighted by Gasteiger charge is 2.21. The van der Waals surface area contributed by atoms with Gasteiger partial charge in [-0.3, -0.25) is 10.1 Å². The summed E-state index contributed by atoms with van der Waals surface area (Å²) in [5.41, 5.74) is 1.67. The summed E-state index contributed by atoms with van der Waals surface area (Å²) < 4.78 is 27.6. The van der Waals surface area contributed by atoms with Crippen molar-refractivity contribution >= 4 is 66.9 Å². The van der Waals surface area contributed by atoms with E-state index in [1.54, 1.807) is 18.5 Å². The van der Waals surface area contributed by atoms with Crippen LogP contribution in [0.2, 0.25) is 8.67 Å². The van der Waals surface area contributed by atoms with Gasteiger partial charge in [0.25, 0.3) is 5.91 Å². The summed E-state index contributed by atoms with van der Waals surface area (Å²) in [6.45, 7) is 2.45. The van der Waals surface area contributed by atoms with Crippen molar-refractivity contribution in [1.29, 1.82) is 0 Å². The van der Waals surface area contributed by atoms with Crippen LogP contribution in [0.4, 0.5) is 5.13 Å². The fraction of sp³-hybridized carbons (Fsp3) is 0.263. The second-order valence-electron chi connectivity index (χ2n) is 6.43. The van der Waals surface area contributed by atoms with Crippen molar-refractivity contribution < 1.29 is 13.2 Å². The second kappa shape index (κ2) is 9.76. The Morgan fingerprint density at radius 3 is 2.53 bits per heavy atom. The molecule has 3 aromatic rings. The summed E-state index contributed by atoms with van der Waals surface area (Å²) in [6.07, 6.45) is 1.69. The first kappa shape index (κ1) is 23.2.